The summed E-state index contributed by atoms with van der Waals surface area (Å²) in [5, 5.41) is 2.55. The molecule has 0 saturated carbocycles. The van der Waals surface area contributed by atoms with E-state index in [1.54, 1.807) is 12.7 Å². The van der Waals surface area contributed by atoms with Gasteiger partial charge in [0.05, 0.1) is 7.11 Å². The molecule has 0 amide bonds. The number of hydrogen-bond acceptors (Lipinski definition) is 2. The lowest BCUT2D eigenvalue weighted by Gasteiger charge is -2.37. The Kier molecular flexibility index (Phi) is 4.42. The lowest BCUT2D eigenvalue weighted by atomic mass is 9.83. The van der Waals surface area contributed by atoms with Gasteiger partial charge in [-0.3, -0.25) is 4.90 Å². The molecule has 116 valence electrons. The Balaban J connectivity index is 0.00000144. The van der Waals surface area contributed by atoms with Gasteiger partial charge in [0.2, 0.25) is 0 Å². The Hall–Kier alpha value is -1.51. The average Bonchev–Trinajstić information content (AvgIpc) is 2.54. The van der Waals surface area contributed by atoms with E-state index in [2.05, 4.69) is 41.3 Å². The van der Waals surface area contributed by atoms with E-state index in [0.717, 1.165) is 18.2 Å². The Bertz CT molecular complexity index is 710. The number of nitrogens with zero attached hydrogens (tertiary/aromatic N) is 1. The van der Waals surface area contributed by atoms with Gasteiger partial charge < -0.3 is 4.74 Å². The van der Waals surface area contributed by atoms with Crippen LogP contribution in [0.3, 0.4) is 0 Å². The first kappa shape index (κ1) is 15.4. The van der Waals surface area contributed by atoms with Crippen LogP contribution in [-0.2, 0) is 0 Å². The van der Waals surface area contributed by atoms with Gasteiger partial charge in [0.25, 0.3) is 0 Å². The maximum Gasteiger partial charge on any atom is 0.119 e. The van der Waals surface area contributed by atoms with Crippen molar-refractivity contribution in [2.24, 2.45) is 5.92 Å². The fourth-order valence-corrected chi connectivity index (χ4v) is 3.75. The summed E-state index contributed by atoms with van der Waals surface area (Å²) in [6.07, 6.45) is 5.12. The van der Waals surface area contributed by atoms with Crippen LogP contribution in [0.2, 0.25) is 0 Å². The third-order valence-electron chi connectivity index (χ3n) is 4.90. The SMILES string of the molecule is COc1ccc2cc(C3=CCN4CCCC3C4)ccc2c1.Cl. The summed E-state index contributed by atoms with van der Waals surface area (Å²) in [5.74, 6) is 1.65. The summed E-state index contributed by atoms with van der Waals surface area (Å²) in [5.41, 5.74) is 2.96. The van der Waals surface area contributed by atoms with Crippen LogP contribution in [0, 0.1) is 5.92 Å². The monoisotopic (exact) mass is 315 g/mol. The molecule has 2 aliphatic heterocycles. The molecule has 2 bridgehead atoms. The Morgan fingerprint density at radius 1 is 1.09 bits per heavy atom. The van der Waals surface area contributed by atoms with Crippen molar-refractivity contribution in [2.75, 3.05) is 26.7 Å². The Labute approximate surface area is 138 Å². The standard InChI is InChI=1S/C19H21NO.ClH/c1-21-18-7-6-14-11-16(5-4-15(14)12-18)19-8-10-20-9-2-3-17(19)13-20;/h4-8,11-12,17H,2-3,9-10,13H2,1H3;1H. The molecule has 22 heavy (non-hydrogen) atoms. The van der Waals surface area contributed by atoms with E-state index in [-0.39, 0.29) is 12.4 Å². The summed E-state index contributed by atoms with van der Waals surface area (Å²) in [6, 6.07) is 13.2. The van der Waals surface area contributed by atoms with Crippen LogP contribution in [0.15, 0.2) is 42.5 Å². The summed E-state index contributed by atoms with van der Waals surface area (Å²) in [4.78, 5) is 2.57. The summed E-state index contributed by atoms with van der Waals surface area (Å²) >= 11 is 0. The van der Waals surface area contributed by atoms with Crippen molar-refractivity contribution in [3.05, 3.63) is 48.0 Å². The lowest BCUT2D eigenvalue weighted by molar-refractivity contribution is 0.209. The molecule has 0 aromatic heterocycles. The van der Waals surface area contributed by atoms with Crippen molar-refractivity contribution in [3.63, 3.8) is 0 Å². The van der Waals surface area contributed by atoms with Crippen molar-refractivity contribution in [2.45, 2.75) is 12.8 Å². The molecular weight excluding hydrogens is 294 g/mol. The maximum absolute atomic E-state index is 5.31. The number of hydrogen-bond donors (Lipinski definition) is 0. The molecule has 3 heteroatoms. The van der Waals surface area contributed by atoms with Gasteiger partial charge in [-0.05, 0) is 65.4 Å². The van der Waals surface area contributed by atoms with Crippen molar-refractivity contribution in [1.82, 2.24) is 4.90 Å². The molecule has 2 heterocycles. The number of ether oxygens (including phenoxy) is 1. The third-order valence-corrected chi connectivity index (χ3v) is 4.90. The van der Waals surface area contributed by atoms with Gasteiger partial charge in [-0.2, -0.15) is 0 Å². The highest BCUT2D eigenvalue weighted by Crippen LogP contribution is 2.35. The van der Waals surface area contributed by atoms with Gasteiger partial charge in [-0.15, -0.1) is 12.4 Å². The van der Waals surface area contributed by atoms with Crippen LogP contribution in [-0.4, -0.2) is 31.6 Å². The lowest BCUT2D eigenvalue weighted by Crippen LogP contribution is -2.39. The summed E-state index contributed by atoms with van der Waals surface area (Å²) < 4.78 is 5.31. The van der Waals surface area contributed by atoms with Gasteiger partial charge in [-0.1, -0.05) is 24.3 Å². The predicted octanol–water partition coefficient (Wildman–Crippen LogP) is 4.38. The second-order valence-electron chi connectivity index (χ2n) is 6.19. The number of fused-ring (bicyclic) bond motifs is 3. The fourth-order valence-electron chi connectivity index (χ4n) is 3.75. The molecule has 2 unspecified atom stereocenters. The second-order valence-corrected chi connectivity index (χ2v) is 6.19. The largest absolute Gasteiger partial charge is 0.497 e. The zero-order chi connectivity index (χ0) is 14.2. The van der Waals surface area contributed by atoms with Crippen LogP contribution < -0.4 is 4.74 Å². The fraction of sp³-hybridized carbons (Fsp3) is 0.368. The Morgan fingerprint density at radius 2 is 1.91 bits per heavy atom. The van der Waals surface area contributed by atoms with Crippen LogP contribution >= 0.6 is 12.4 Å². The maximum atomic E-state index is 5.31. The van der Waals surface area contributed by atoms with E-state index in [0.29, 0.717) is 0 Å². The molecule has 2 aromatic rings. The van der Waals surface area contributed by atoms with Crippen molar-refractivity contribution in [1.29, 1.82) is 0 Å². The minimum atomic E-state index is 0. The highest BCUT2D eigenvalue weighted by molar-refractivity contribution is 5.88. The number of methoxy groups -OCH3 is 1. The van der Waals surface area contributed by atoms with Gasteiger partial charge in [0, 0.05) is 13.1 Å². The highest BCUT2D eigenvalue weighted by Gasteiger charge is 2.26. The molecule has 2 aliphatic rings. The van der Waals surface area contributed by atoms with Crippen LogP contribution in [0.4, 0.5) is 0 Å². The van der Waals surface area contributed by atoms with Crippen molar-refractivity contribution >= 4 is 28.8 Å². The Morgan fingerprint density at radius 3 is 2.77 bits per heavy atom. The second kappa shape index (κ2) is 6.31. The topological polar surface area (TPSA) is 12.5 Å². The number of halogens is 1. The first-order valence-corrected chi connectivity index (χ1v) is 7.84. The van der Waals surface area contributed by atoms with E-state index < -0.39 is 0 Å². The van der Waals surface area contributed by atoms with E-state index in [4.69, 9.17) is 4.74 Å². The molecule has 0 aliphatic carbocycles. The van der Waals surface area contributed by atoms with Crippen molar-refractivity contribution < 1.29 is 4.74 Å². The third kappa shape index (κ3) is 2.73. The van der Waals surface area contributed by atoms with Crippen LogP contribution in [0.1, 0.15) is 18.4 Å². The molecular formula is C19H22ClNO. The molecule has 1 fully saturated rings. The molecule has 0 N–H and O–H groups in total. The zero-order valence-electron chi connectivity index (χ0n) is 12.9. The first-order valence-electron chi connectivity index (χ1n) is 7.84. The summed E-state index contributed by atoms with van der Waals surface area (Å²) in [6.45, 7) is 3.64. The van der Waals surface area contributed by atoms with Gasteiger partial charge in [0.15, 0.2) is 0 Å². The minimum Gasteiger partial charge on any atom is -0.497 e. The van der Waals surface area contributed by atoms with Gasteiger partial charge >= 0.3 is 0 Å². The molecule has 2 aromatic carbocycles. The van der Waals surface area contributed by atoms with E-state index in [1.807, 2.05) is 6.07 Å². The van der Waals surface area contributed by atoms with E-state index in [9.17, 15) is 0 Å². The van der Waals surface area contributed by atoms with Crippen LogP contribution in [0.5, 0.6) is 5.75 Å². The molecule has 0 radical (unpaired) electrons. The molecule has 4 rings (SSSR count). The van der Waals surface area contributed by atoms with Gasteiger partial charge in [-0.25, -0.2) is 0 Å². The minimum absolute atomic E-state index is 0. The van der Waals surface area contributed by atoms with Gasteiger partial charge in [0.1, 0.15) is 5.75 Å². The van der Waals surface area contributed by atoms with E-state index >= 15 is 0 Å². The van der Waals surface area contributed by atoms with Crippen molar-refractivity contribution in [3.8, 4) is 5.75 Å². The average molecular weight is 316 g/mol. The predicted molar refractivity (Wildman–Crippen MR) is 94.9 cm³/mol. The van der Waals surface area contributed by atoms with E-state index in [1.165, 1.54) is 42.3 Å². The molecule has 2 nitrogen and oxygen atoms in total. The summed E-state index contributed by atoms with van der Waals surface area (Å²) in [7, 11) is 1.72. The smallest absolute Gasteiger partial charge is 0.119 e. The number of rotatable bonds is 2. The first-order chi connectivity index (χ1) is 10.3. The zero-order valence-corrected chi connectivity index (χ0v) is 13.7. The highest BCUT2D eigenvalue weighted by atomic mass is 35.5. The molecule has 2 atom stereocenters. The normalized spacial score (nSPS) is 23.6. The molecule has 1 saturated heterocycles. The number of benzene rings is 2. The molecule has 0 spiro atoms. The number of piperidine rings is 1. The quantitative estimate of drug-likeness (QED) is 0.815. The van der Waals surface area contributed by atoms with Crippen LogP contribution in [0.25, 0.3) is 16.3 Å².